The van der Waals surface area contributed by atoms with Crippen LogP contribution in [-0.4, -0.2) is 40.9 Å². The number of aliphatic imine (C=N–C) groups is 1. The molecule has 152 valence electrons. The van der Waals surface area contributed by atoms with Gasteiger partial charge < -0.3 is 15.0 Å². The summed E-state index contributed by atoms with van der Waals surface area (Å²) < 4.78 is 55.0. The van der Waals surface area contributed by atoms with Crippen molar-refractivity contribution < 1.29 is 22.7 Å². The maximum Gasteiger partial charge on any atom is 0.418 e. The van der Waals surface area contributed by atoms with Crippen LogP contribution in [0.4, 0.5) is 28.9 Å². The maximum absolute atomic E-state index is 14.1. The van der Waals surface area contributed by atoms with E-state index in [1.807, 2.05) is 0 Å². The molecule has 1 aliphatic heterocycles. The topological polar surface area (TPSA) is 51.6 Å². The highest BCUT2D eigenvalue weighted by Gasteiger charge is 2.35. The summed E-state index contributed by atoms with van der Waals surface area (Å²) in [6.45, 7) is 1.11. The van der Waals surface area contributed by atoms with E-state index >= 15 is 0 Å². The van der Waals surface area contributed by atoms with Gasteiger partial charge in [-0.15, -0.1) is 0 Å². The molecule has 1 saturated heterocycles. The summed E-state index contributed by atoms with van der Waals surface area (Å²) in [5, 5.41) is 10.2. The van der Waals surface area contributed by atoms with Crippen molar-refractivity contribution >= 4 is 40.3 Å². The number of hydrogen-bond donors (Lipinski definition) is 2. The van der Waals surface area contributed by atoms with Crippen molar-refractivity contribution in [1.29, 1.82) is 0 Å². The molecular formula is C20H17F4N3OS. The summed E-state index contributed by atoms with van der Waals surface area (Å²) in [5.74, 6) is 0.702. The number of nitrogens with one attached hydrogen (secondary N) is 1. The second-order valence-corrected chi connectivity index (χ2v) is 7.83. The first-order valence-electron chi connectivity index (χ1n) is 8.92. The average Bonchev–Trinajstić information content (AvgIpc) is 3.02. The van der Waals surface area contributed by atoms with E-state index in [0.29, 0.717) is 18.6 Å². The highest BCUT2D eigenvalue weighted by Crippen LogP contribution is 2.39. The predicted molar refractivity (Wildman–Crippen MR) is 108 cm³/mol. The molecule has 0 spiro atoms. The minimum absolute atomic E-state index is 0.0672. The number of H-pyrrole nitrogens is 1. The van der Waals surface area contributed by atoms with Crippen LogP contribution in [0.15, 0.2) is 41.4 Å². The van der Waals surface area contributed by atoms with E-state index in [-0.39, 0.29) is 28.2 Å². The fourth-order valence-corrected chi connectivity index (χ4v) is 4.29. The fourth-order valence-electron chi connectivity index (χ4n) is 3.39. The first kappa shape index (κ1) is 19.6. The van der Waals surface area contributed by atoms with Crippen molar-refractivity contribution in [2.75, 3.05) is 29.5 Å². The Morgan fingerprint density at radius 2 is 1.90 bits per heavy atom. The van der Waals surface area contributed by atoms with Gasteiger partial charge in [0.15, 0.2) is 5.88 Å². The lowest BCUT2D eigenvalue weighted by Gasteiger charge is -2.30. The van der Waals surface area contributed by atoms with Gasteiger partial charge in [-0.25, -0.2) is 4.39 Å². The number of aromatic hydroxyl groups is 1. The second kappa shape index (κ2) is 7.62. The molecule has 0 radical (unpaired) electrons. The van der Waals surface area contributed by atoms with E-state index in [2.05, 4.69) is 9.98 Å². The van der Waals surface area contributed by atoms with Gasteiger partial charge >= 0.3 is 6.18 Å². The van der Waals surface area contributed by atoms with E-state index in [4.69, 9.17) is 0 Å². The van der Waals surface area contributed by atoms with Crippen LogP contribution < -0.4 is 4.90 Å². The molecule has 3 aromatic rings. The number of nitrogens with zero attached hydrogens (tertiary/aromatic N) is 2. The van der Waals surface area contributed by atoms with Gasteiger partial charge in [0.1, 0.15) is 5.82 Å². The number of aromatic amines is 1. The minimum atomic E-state index is -4.53. The van der Waals surface area contributed by atoms with E-state index in [9.17, 15) is 22.7 Å². The minimum Gasteiger partial charge on any atom is -0.494 e. The zero-order chi connectivity index (χ0) is 20.6. The van der Waals surface area contributed by atoms with Crippen LogP contribution >= 0.6 is 11.8 Å². The molecule has 2 aromatic carbocycles. The molecule has 2 N–H and O–H groups in total. The van der Waals surface area contributed by atoms with Gasteiger partial charge in [0.25, 0.3) is 0 Å². The van der Waals surface area contributed by atoms with Crippen LogP contribution in [0.5, 0.6) is 5.88 Å². The van der Waals surface area contributed by atoms with Crippen LogP contribution in [0.2, 0.25) is 0 Å². The molecule has 1 aromatic heterocycles. The molecule has 0 saturated carbocycles. The summed E-state index contributed by atoms with van der Waals surface area (Å²) >= 11 is 1.72. The summed E-state index contributed by atoms with van der Waals surface area (Å²) in [5.41, 5.74) is -0.0919. The van der Waals surface area contributed by atoms with Gasteiger partial charge in [0.05, 0.1) is 22.3 Å². The Morgan fingerprint density at radius 1 is 1.14 bits per heavy atom. The van der Waals surface area contributed by atoms with Crippen molar-refractivity contribution in [2.24, 2.45) is 4.99 Å². The number of rotatable bonds is 3. The summed E-state index contributed by atoms with van der Waals surface area (Å²) in [6.07, 6.45) is -3.36. The number of alkyl halides is 3. The molecule has 29 heavy (non-hydrogen) atoms. The van der Waals surface area contributed by atoms with Crippen molar-refractivity contribution in [3.63, 3.8) is 0 Å². The molecule has 9 heteroatoms. The quantitative estimate of drug-likeness (QED) is 0.442. The number of anilines is 1. The molecular weight excluding hydrogens is 406 g/mol. The summed E-state index contributed by atoms with van der Waals surface area (Å²) in [6, 6.07) is 8.20. The maximum atomic E-state index is 14.1. The molecule has 0 bridgehead atoms. The molecule has 1 fully saturated rings. The number of benzene rings is 2. The summed E-state index contributed by atoms with van der Waals surface area (Å²) in [7, 11) is 0. The highest BCUT2D eigenvalue weighted by atomic mass is 32.2. The lowest BCUT2D eigenvalue weighted by atomic mass is 10.1. The van der Waals surface area contributed by atoms with E-state index in [0.717, 1.165) is 17.6 Å². The third kappa shape index (κ3) is 3.91. The van der Waals surface area contributed by atoms with Crippen molar-refractivity contribution in [3.05, 3.63) is 53.3 Å². The number of hydrogen-bond acceptors (Lipinski definition) is 4. The van der Waals surface area contributed by atoms with Crippen LogP contribution in [0, 0.1) is 5.82 Å². The Balaban J connectivity index is 1.72. The summed E-state index contributed by atoms with van der Waals surface area (Å²) in [4.78, 5) is 8.42. The second-order valence-electron chi connectivity index (χ2n) is 6.61. The van der Waals surface area contributed by atoms with Crippen LogP contribution in [0.3, 0.4) is 0 Å². The van der Waals surface area contributed by atoms with Gasteiger partial charge in [0, 0.05) is 41.9 Å². The normalized spacial score (nSPS) is 15.5. The van der Waals surface area contributed by atoms with Crippen LogP contribution in [-0.2, 0) is 6.18 Å². The van der Waals surface area contributed by atoms with Gasteiger partial charge in [-0.3, -0.25) is 4.99 Å². The fraction of sp³-hybridized carbons (Fsp3) is 0.250. The van der Waals surface area contributed by atoms with E-state index < -0.39 is 17.6 Å². The molecule has 0 aliphatic carbocycles. The van der Waals surface area contributed by atoms with Gasteiger partial charge in [-0.2, -0.15) is 24.9 Å². The van der Waals surface area contributed by atoms with Crippen molar-refractivity contribution in [2.45, 2.75) is 6.18 Å². The van der Waals surface area contributed by atoms with Crippen LogP contribution in [0.1, 0.15) is 11.1 Å². The molecule has 0 unspecified atom stereocenters. The number of fused-ring (bicyclic) bond motifs is 1. The zero-order valence-corrected chi connectivity index (χ0v) is 15.9. The predicted octanol–water partition coefficient (Wildman–Crippen LogP) is 5.34. The lowest BCUT2D eigenvalue weighted by molar-refractivity contribution is -0.137. The zero-order valence-electron chi connectivity index (χ0n) is 15.1. The third-order valence-electron chi connectivity index (χ3n) is 4.77. The molecule has 0 amide bonds. The van der Waals surface area contributed by atoms with Gasteiger partial charge in [-0.1, -0.05) is 6.07 Å². The van der Waals surface area contributed by atoms with Gasteiger partial charge in [-0.05, 0) is 30.3 Å². The Morgan fingerprint density at radius 3 is 2.62 bits per heavy atom. The smallest absolute Gasteiger partial charge is 0.418 e. The number of aromatic nitrogens is 1. The van der Waals surface area contributed by atoms with Crippen LogP contribution in [0.25, 0.3) is 10.9 Å². The Labute approximate surface area is 168 Å². The third-order valence-corrected chi connectivity index (χ3v) is 5.71. The lowest BCUT2D eigenvalue weighted by Crippen LogP contribution is -2.34. The number of thioether (sulfide) groups is 1. The Hall–Kier alpha value is -2.68. The standard InChI is InChI=1S/C20H17F4N3OS/c21-15-2-1-3-16-18(15)13(19(28)26-16)11-25-12-4-5-17(14(10-12)20(22,23)24)27-6-8-29-9-7-27/h1-5,10-11,26,28H,6-9H2. The first-order chi connectivity index (χ1) is 13.8. The highest BCUT2D eigenvalue weighted by molar-refractivity contribution is 7.99. The monoisotopic (exact) mass is 423 g/mol. The molecule has 4 nitrogen and oxygen atoms in total. The molecule has 2 heterocycles. The number of halogens is 4. The van der Waals surface area contributed by atoms with E-state index in [1.165, 1.54) is 30.5 Å². The van der Waals surface area contributed by atoms with E-state index in [1.54, 1.807) is 22.7 Å². The SMILES string of the molecule is Oc1[nH]c2cccc(F)c2c1C=Nc1ccc(N2CCSCC2)c(C(F)(F)F)c1. The first-order valence-corrected chi connectivity index (χ1v) is 10.1. The molecule has 4 rings (SSSR count). The van der Waals surface area contributed by atoms with Crippen molar-refractivity contribution in [1.82, 2.24) is 4.98 Å². The Bertz CT molecular complexity index is 1070. The molecule has 1 aliphatic rings. The van der Waals surface area contributed by atoms with Gasteiger partial charge in [0.2, 0.25) is 0 Å². The van der Waals surface area contributed by atoms with Crippen molar-refractivity contribution in [3.8, 4) is 5.88 Å². The average molecular weight is 423 g/mol. The Kier molecular flexibility index (Phi) is 5.16. The molecule has 0 atom stereocenters. The largest absolute Gasteiger partial charge is 0.494 e.